The van der Waals surface area contributed by atoms with Crippen LogP contribution in [-0.4, -0.2) is 23.8 Å². The molecule has 0 N–H and O–H groups in total. The third-order valence-corrected chi connectivity index (χ3v) is 4.07. The second-order valence-electron chi connectivity index (χ2n) is 5.42. The quantitative estimate of drug-likeness (QED) is 0.822. The smallest absolute Gasteiger partial charge is 0.131 e. The van der Waals surface area contributed by atoms with E-state index in [1.807, 2.05) is 12.1 Å². The molecule has 0 bridgehead atoms. The summed E-state index contributed by atoms with van der Waals surface area (Å²) in [6, 6.07) is 8.17. The zero-order valence-corrected chi connectivity index (χ0v) is 12.3. The van der Waals surface area contributed by atoms with Crippen molar-refractivity contribution in [1.82, 2.24) is 4.90 Å². The third-order valence-electron chi connectivity index (χ3n) is 3.82. The molecule has 1 fully saturated rings. The molecule has 2 nitrogen and oxygen atoms in total. The maximum absolute atomic E-state index is 11.6. The third kappa shape index (κ3) is 4.32. The average Bonchev–Trinajstić information content (AvgIpc) is 2.65. The van der Waals surface area contributed by atoms with E-state index < -0.39 is 0 Å². The Morgan fingerprint density at radius 3 is 2.26 bits per heavy atom. The summed E-state index contributed by atoms with van der Waals surface area (Å²) in [4.78, 5) is 14.0. The molecule has 0 saturated carbocycles. The fourth-order valence-corrected chi connectivity index (χ4v) is 2.95. The molecule has 0 spiro atoms. The van der Waals surface area contributed by atoms with Gasteiger partial charge in [-0.2, -0.15) is 0 Å². The number of carbonyl (C=O) groups is 1. The van der Waals surface area contributed by atoms with Gasteiger partial charge in [-0.3, -0.25) is 9.69 Å². The summed E-state index contributed by atoms with van der Waals surface area (Å²) in [6.07, 6.45) is 5.69. The van der Waals surface area contributed by atoms with E-state index in [4.69, 9.17) is 11.6 Å². The van der Waals surface area contributed by atoms with Crippen molar-refractivity contribution in [2.24, 2.45) is 0 Å². The highest BCUT2D eigenvalue weighted by molar-refractivity contribution is 6.30. The Morgan fingerprint density at radius 2 is 1.74 bits per heavy atom. The van der Waals surface area contributed by atoms with E-state index in [1.165, 1.54) is 31.2 Å². The zero-order valence-electron chi connectivity index (χ0n) is 11.6. The van der Waals surface area contributed by atoms with Crippen molar-refractivity contribution >= 4 is 17.4 Å². The van der Waals surface area contributed by atoms with Crippen molar-refractivity contribution in [2.75, 3.05) is 13.1 Å². The van der Waals surface area contributed by atoms with Crippen LogP contribution in [0, 0.1) is 0 Å². The number of hydrogen-bond donors (Lipinski definition) is 0. The molecule has 1 aromatic rings. The van der Waals surface area contributed by atoms with Crippen LogP contribution in [0.5, 0.6) is 0 Å². The normalized spacial score (nSPS) is 18.8. The topological polar surface area (TPSA) is 20.3 Å². The van der Waals surface area contributed by atoms with E-state index in [1.54, 1.807) is 6.92 Å². The first-order valence-corrected chi connectivity index (χ1v) is 7.53. The van der Waals surface area contributed by atoms with Gasteiger partial charge in [0.15, 0.2) is 0 Å². The van der Waals surface area contributed by atoms with E-state index in [0.717, 1.165) is 18.1 Å². The Hall–Kier alpha value is -0.860. The molecule has 1 saturated heterocycles. The fourth-order valence-electron chi connectivity index (χ4n) is 2.82. The fraction of sp³-hybridized carbons (Fsp3) is 0.562. The van der Waals surface area contributed by atoms with Gasteiger partial charge in [0, 0.05) is 17.5 Å². The Balaban J connectivity index is 2.18. The highest BCUT2D eigenvalue weighted by Gasteiger charge is 2.22. The Labute approximate surface area is 120 Å². The monoisotopic (exact) mass is 279 g/mol. The summed E-state index contributed by atoms with van der Waals surface area (Å²) in [6.45, 7) is 3.88. The van der Waals surface area contributed by atoms with Crippen LogP contribution in [0.3, 0.4) is 0 Å². The molecular formula is C16H22ClNO. The Bertz CT molecular complexity index is 407. The van der Waals surface area contributed by atoms with Crippen molar-refractivity contribution < 1.29 is 4.79 Å². The van der Waals surface area contributed by atoms with Gasteiger partial charge in [0.2, 0.25) is 0 Å². The first-order valence-electron chi connectivity index (χ1n) is 7.16. The number of nitrogens with zero attached hydrogens (tertiary/aromatic N) is 1. The van der Waals surface area contributed by atoms with Crippen LogP contribution in [0.15, 0.2) is 24.3 Å². The van der Waals surface area contributed by atoms with E-state index >= 15 is 0 Å². The second kappa shape index (κ2) is 7.06. The number of rotatable bonds is 4. The molecule has 104 valence electrons. The highest BCUT2D eigenvalue weighted by atomic mass is 35.5. The van der Waals surface area contributed by atoms with Crippen LogP contribution in [0.1, 0.15) is 50.6 Å². The summed E-state index contributed by atoms with van der Waals surface area (Å²) in [5.41, 5.74) is 1.21. The summed E-state index contributed by atoms with van der Waals surface area (Å²) in [5.74, 6) is 0.254. The standard InChI is InChI=1S/C16H22ClNO/c1-13(19)12-16(14-6-8-15(17)9-7-14)18-10-4-2-3-5-11-18/h6-9,16H,2-5,10-12H2,1H3. The van der Waals surface area contributed by atoms with Crippen LogP contribution in [0.25, 0.3) is 0 Å². The van der Waals surface area contributed by atoms with Crippen molar-refractivity contribution in [2.45, 2.75) is 45.1 Å². The Kier molecular flexibility index (Phi) is 5.41. The van der Waals surface area contributed by atoms with Crippen LogP contribution < -0.4 is 0 Å². The molecule has 0 amide bonds. The number of halogens is 1. The predicted octanol–water partition coefficient (Wildman–Crippen LogP) is 4.24. The van der Waals surface area contributed by atoms with Crippen molar-refractivity contribution in [1.29, 1.82) is 0 Å². The lowest BCUT2D eigenvalue weighted by atomic mass is 10.00. The molecule has 1 aliphatic heterocycles. The molecule has 2 rings (SSSR count). The van der Waals surface area contributed by atoms with Gasteiger partial charge in [-0.05, 0) is 50.6 Å². The maximum Gasteiger partial charge on any atom is 0.131 e. The molecule has 0 aliphatic carbocycles. The molecule has 0 aromatic heterocycles. The molecule has 1 aliphatic rings. The molecular weight excluding hydrogens is 258 g/mol. The highest BCUT2D eigenvalue weighted by Crippen LogP contribution is 2.28. The lowest BCUT2D eigenvalue weighted by Gasteiger charge is -2.30. The number of carbonyl (C=O) groups excluding carboxylic acids is 1. The first-order chi connectivity index (χ1) is 9.16. The first kappa shape index (κ1) is 14.5. The lowest BCUT2D eigenvalue weighted by Crippen LogP contribution is -2.31. The van der Waals surface area contributed by atoms with Gasteiger partial charge in [-0.25, -0.2) is 0 Å². The second-order valence-corrected chi connectivity index (χ2v) is 5.86. The van der Waals surface area contributed by atoms with Gasteiger partial charge in [-0.1, -0.05) is 36.6 Å². The van der Waals surface area contributed by atoms with Crippen molar-refractivity contribution in [3.63, 3.8) is 0 Å². The maximum atomic E-state index is 11.6. The van der Waals surface area contributed by atoms with E-state index in [0.29, 0.717) is 6.42 Å². The summed E-state index contributed by atoms with van der Waals surface area (Å²) < 4.78 is 0. The van der Waals surface area contributed by atoms with Crippen LogP contribution in [0.4, 0.5) is 0 Å². The van der Waals surface area contributed by atoms with Gasteiger partial charge >= 0.3 is 0 Å². The Morgan fingerprint density at radius 1 is 1.16 bits per heavy atom. The van der Waals surface area contributed by atoms with Gasteiger partial charge in [0.05, 0.1) is 0 Å². The van der Waals surface area contributed by atoms with Gasteiger partial charge in [0.1, 0.15) is 5.78 Å². The molecule has 1 unspecified atom stereocenters. The minimum Gasteiger partial charge on any atom is -0.300 e. The lowest BCUT2D eigenvalue weighted by molar-refractivity contribution is -0.118. The zero-order chi connectivity index (χ0) is 13.7. The summed E-state index contributed by atoms with van der Waals surface area (Å²) in [5, 5.41) is 0.751. The van der Waals surface area contributed by atoms with Crippen molar-refractivity contribution in [3.8, 4) is 0 Å². The molecule has 19 heavy (non-hydrogen) atoms. The minimum atomic E-state index is 0.216. The van der Waals surface area contributed by atoms with Gasteiger partial charge in [0.25, 0.3) is 0 Å². The molecule has 0 radical (unpaired) electrons. The number of Topliss-reactive ketones (excluding diaryl/α,β-unsaturated/α-hetero) is 1. The number of ketones is 1. The van der Waals surface area contributed by atoms with Crippen LogP contribution in [-0.2, 0) is 4.79 Å². The van der Waals surface area contributed by atoms with Crippen LogP contribution in [0.2, 0.25) is 5.02 Å². The average molecular weight is 280 g/mol. The summed E-state index contributed by atoms with van der Waals surface area (Å²) in [7, 11) is 0. The summed E-state index contributed by atoms with van der Waals surface area (Å²) >= 11 is 5.95. The SMILES string of the molecule is CC(=O)CC(c1ccc(Cl)cc1)N1CCCCCC1. The molecule has 3 heteroatoms. The van der Waals surface area contributed by atoms with E-state index in [9.17, 15) is 4.79 Å². The van der Waals surface area contributed by atoms with E-state index in [2.05, 4.69) is 17.0 Å². The van der Waals surface area contributed by atoms with Crippen LogP contribution >= 0.6 is 11.6 Å². The van der Waals surface area contributed by atoms with E-state index in [-0.39, 0.29) is 11.8 Å². The predicted molar refractivity (Wildman–Crippen MR) is 79.5 cm³/mol. The molecule has 1 heterocycles. The molecule has 1 aromatic carbocycles. The number of hydrogen-bond acceptors (Lipinski definition) is 2. The number of benzene rings is 1. The largest absolute Gasteiger partial charge is 0.300 e. The van der Waals surface area contributed by atoms with Gasteiger partial charge in [-0.15, -0.1) is 0 Å². The van der Waals surface area contributed by atoms with Crippen molar-refractivity contribution in [3.05, 3.63) is 34.9 Å². The van der Waals surface area contributed by atoms with Gasteiger partial charge < -0.3 is 0 Å². The number of likely N-dealkylation sites (tertiary alicyclic amines) is 1. The minimum absolute atomic E-state index is 0.216. The molecule has 1 atom stereocenters.